The van der Waals surface area contributed by atoms with Crippen LogP contribution in [0.5, 0.6) is 0 Å². The summed E-state index contributed by atoms with van der Waals surface area (Å²) in [7, 11) is 0. The maximum absolute atomic E-state index is 5.98. The maximum Gasteiger partial charge on any atom is 0.277 e. The summed E-state index contributed by atoms with van der Waals surface area (Å²) >= 11 is 8.92. The lowest BCUT2D eigenvalue weighted by molar-refractivity contribution is 0.389. The Morgan fingerprint density at radius 3 is 2.92 bits per heavy atom. The second kappa shape index (κ2) is 7.56. The Kier molecular flexibility index (Phi) is 5.00. The first-order valence-electron chi connectivity index (χ1n) is 7.60. The van der Waals surface area contributed by atoms with E-state index < -0.39 is 0 Å². The summed E-state index contributed by atoms with van der Waals surface area (Å²) < 4.78 is 10.9. The maximum atomic E-state index is 5.98. The highest BCUT2D eigenvalue weighted by Crippen LogP contribution is 2.24. The van der Waals surface area contributed by atoms with Gasteiger partial charge in [0.25, 0.3) is 5.22 Å². The van der Waals surface area contributed by atoms with Gasteiger partial charge in [-0.3, -0.25) is 0 Å². The highest BCUT2D eigenvalue weighted by Gasteiger charge is 2.13. The standard InChI is InChI=1S/C16H12ClN5O2S2/c1-9-18-12(7-25-9)6-13-20-21-16(23-13)26-8-14-19-15(22-24-14)10-3-2-4-11(17)5-10/h2-5,7H,6,8H2,1H3. The van der Waals surface area contributed by atoms with Gasteiger partial charge in [0.2, 0.25) is 17.6 Å². The highest BCUT2D eigenvalue weighted by molar-refractivity contribution is 7.98. The largest absolute Gasteiger partial charge is 0.416 e. The fourth-order valence-corrected chi connectivity index (χ4v) is 3.61. The lowest BCUT2D eigenvalue weighted by Gasteiger charge is -1.93. The molecule has 0 spiro atoms. The molecule has 0 fully saturated rings. The second-order valence-electron chi connectivity index (χ2n) is 5.31. The summed E-state index contributed by atoms with van der Waals surface area (Å²) in [6, 6.07) is 7.29. The quantitative estimate of drug-likeness (QED) is 0.435. The van der Waals surface area contributed by atoms with Crippen molar-refractivity contribution < 1.29 is 8.94 Å². The van der Waals surface area contributed by atoms with Crippen molar-refractivity contribution in [2.75, 3.05) is 0 Å². The van der Waals surface area contributed by atoms with Crippen molar-refractivity contribution in [3.05, 3.63) is 57.2 Å². The molecule has 1 aromatic carbocycles. The minimum absolute atomic E-state index is 0.436. The predicted molar refractivity (Wildman–Crippen MR) is 98.3 cm³/mol. The molecule has 0 amide bonds. The molecule has 3 aromatic heterocycles. The van der Waals surface area contributed by atoms with E-state index in [9.17, 15) is 0 Å². The van der Waals surface area contributed by atoms with Gasteiger partial charge >= 0.3 is 0 Å². The molecule has 0 bridgehead atoms. The molecule has 0 aliphatic heterocycles. The van der Waals surface area contributed by atoms with E-state index in [1.165, 1.54) is 11.8 Å². The molecule has 0 saturated heterocycles. The molecular formula is C16H12ClN5O2S2. The Bertz CT molecular complexity index is 1030. The highest BCUT2D eigenvalue weighted by atomic mass is 35.5. The molecule has 4 aromatic rings. The summed E-state index contributed by atoms with van der Waals surface area (Å²) in [6.45, 7) is 1.96. The minimum atomic E-state index is 0.436. The monoisotopic (exact) mass is 405 g/mol. The normalized spacial score (nSPS) is 11.2. The third-order valence-corrected chi connectivity index (χ3v) is 5.18. The van der Waals surface area contributed by atoms with E-state index in [1.54, 1.807) is 23.5 Å². The van der Waals surface area contributed by atoms with Crippen LogP contribution in [0.4, 0.5) is 0 Å². The molecule has 3 heterocycles. The van der Waals surface area contributed by atoms with Gasteiger partial charge in [-0.2, -0.15) is 4.98 Å². The van der Waals surface area contributed by atoms with Gasteiger partial charge in [0.05, 0.1) is 22.9 Å². The van der Waals surface area contributed by atoms with E-state index >= 15 is 0 Å². The van der Waals surface area contributed by atoms with Gasteiger partial charge < -0.3 is 8.94 Å². The molecule has 0 aliphatic rings. The van der Waals surface area contributed by atoms with Crippen molar-refractivity contribution in [1.82, 2.24) is 25.3 Å². The van der Waals surface area contributed by atoms with Crippen LogP contribution in [0.3, 0.4) is 0 Å². The molecule has 0 saturated carbocycles. The zero-order chi connectivity index (χ0) is 17.9. The number of hydrogen-bond acceptors (Lipinski definition) is 9. The number of aromatic nitrogens is 5. The van der Waals surface area contributed by atoms with Crippen molar-refractivity contribution in [1.29, 1.82) is 0 Å². The summed E-state index contributed by atoms with van der Waals surface area (Å²) in [5.41, 5.74) is 1.73. The van der Waals surface area contributed by atoms with Crippen LogP contribution >= 0.6 is 34.7 Å². The molecule has 10 heteroatoms. The number of benzene rings is 1. The summed E-state index contributed by atoms with van der Waals surface area (Å²) in [4.78, 5) is 8.75. The molecule has 7 nitrogen and oxygen atoms in total. The zero-order valence-electron chi connectivity index (χ0n) is 13.5. The SMILES string of the molecule is Cc1nc(Cc2nnc(SCc3nc(-c4cccc(Cl)c4)no3)o2)cs1. The average Bonchev–Trinajstić information content (AvgIpc) is 3.35. The lowest BCUT2D eigenvalue weighted by Crippen LogP contribution is -1.88. The van der Waals surface area contributed by atoms with Crippen LogP contribution in [0.25, 0.3) is 11.4 Å². The predicted octanol–water partition coefficient (Wildman–Crippen LogP) is 4.42. The van der Waals surface area contributed by atoms with Crippen molar-refractivity contribution in [2.24, 2.45) is 0 Å². The molecule has 4 rings (SSSR count). The van der Waals surface area contributed by atoms with Crippen molar-refractivity contribution in [3.63, 3.8) is 0 Å². The number of aryl methyl sites for hydroxylation is 1. The van der Waals surface area contributed by atoms with Gasteiger partial charge in [-0.05, 0) is 19.1 Å². The summed E-state index contributed by atoms with van der Waals surface area (Å²) in [6.07, 6.45) is 0.525. The van der Waals surface area contributed by atoms with Crippen molar-refractivity contribution in [3.8, 4) is 11.4 Å². The average molecular weight is 406 g/mol. The Morgan fingerprint density at radius 2 is 2.12 bits per heavy atom. The van der Waals surface area contributed by atoms with E-state index in [4.69, 9.17) is 20.5 Å². The third-order valence-electron chi connectivity index (χ3n) is 3.32. The smallest absolute Gasteiger partial charge is 0.277 e. The first-order chi connectivity index (χ1) is 12.7. The fourth-order valence-electron chi connectivity index (χ4n) is 2.19. The van der Waals surface area contributed by atoms with Crippen LogP contribution in [0.1, 0.15) is 22.5 Å². The molecular weight excluding hydrogens is 394 g/mol. The third kappa shape index (κ3) is 4.12. The second-order valence-corrected chi connectivity index (χ2v) is 7.73. The first kappa shape index (κ1) is 17.2. The van der Waals surface area contributed by atoms with Gasteiger partial charge in [0.1, 0.15) is 0 Å². The van der Waals surface area contributed by atoms with Crippen molar-refractivity contribution >= 4 is 34.7 Å². The number of hydrogen-bond donors (Lipinski definition) is 0. The van der Waals surface area contributed by atoms with Gasteiger partial charge in [-0.25, -0.2) is 4.98 Å². The molecule has 0 aliphatic carbocycles. The van der Waals surface area contributed by atoms with Gasteiger partial charge in [0, 0.05) is 16.0 Å². The molecule has 26 heavy (non-hydrogen) atoms. The minimum Gasteiger partial charge on any atom is -0.416 e. The molecule has 0 radical (unpaired) electrons. The van der Waals surface area contributed by atoms with Gasteiger partial charge in [0.15, 0.2) is 0 Å². The van der Waals surface area contributed by atoms with Gasteiger partial charge in [-0.15, -0.1) is 21.5 Å². The van der Waals surface area contributed by atoms with Crippen LogP contribution in [0, 0.1) is 6.92 Å². The molecule has 132 valence electrons. The first-order valence-corrected chi connectivity index (χ1v) is 9.85. The Morgan fingerprint density at radius 1 is 1.19 bits per heavy atom. The number of thiazole rings is 1. The van der Waals surface area contributed by atoms with Crippen molar-refractivity contribution in [2.45, 2.75) is 24.3 Å². The van der Waals surface area contributed by atoms with E-state index in [1.807, 2.05) is 24.4 Å². The zero-order valence-corrected chi connectivity index (χ0v) is 15.9. The number of thioether (sulfide) groups is 1. The van der Waals surface area contributed by atoms with E-state index in [-0.39, 0.29) is 0 Å². The Balaban J connectivity index is 1.37. The number of halogens is 1. The Labute approximate surface area is 161 Å². The van der Waals surface area contributed by atoms with Crippen LogP contribution in [-0.2, 0) is 12.2 Å². The Hall–Kier alpha value is -2.23. The lowest BCUT2D eigenvalue weighted by atomic mass is 10.2. The van der Waals surface area contributed by atoms with Crippen LogP contribution in [0.2, 0.25) is 5.02 Å². The number of nitrogens with zero attached hydrogens (tertiary/aromatic N) is 5. The molecule has 0 atom stereocenters. The van der Waals surface area contributed by atoms with Crippen LogP contribution < -0.4 is 0 Å². The number of rotatable bonds is 6. The topological polar surface area (TPSA) is 90.7 Å². The summed E-state index contributed by atoms with van der Waals surface area (Å²) in [5.74, 6) is 1.93. The van der Waals surface area contributed by atoms with Crippen LogP contribution in [0.15, 0.2) is 43.8 Å². The summed E-state index contributed by atoms with van der Waals surface area (Å²) in [5, 5.41) is 16.1. The van der Waals surface area contributed by atoms with E-state index in [0.29, 0.717) is 40.0 Å². The van der Waals surface area contributed by atoms with E-state index in [2.05, 4.69) is 25.3 Å². The molecule has 0 unspecified atom stereocenters. The fraction of sp³-hybridized carbons (Fsp3) is 0.188. The van der Waals surface area contributed by atoms with Gasteiger partial charge in [-0.1, -0.05) is 40.7 Å². The molecule has 0 N–H and O–H groups in total. The van der Waals surface area contributed by atoms with E-state index in [0.717, 1.165) is 16.3 Å². The van der Waals surface area contributed by atoms with Crippen LogP contribution in [-0.4, -0.2) is 25.3 Å².